The Morgan fingerprint density at radius 3 is 2.41 bits per heavy atom. The minimum Gasteiger partial charge on any atom is -0.333 e. The van der Waals surface area contributed by atoms with Crippen molar-refractivity contribution < 1.29 is 4.79 Å². The van der Waals surface area contributed by atoms with Crippen LogP contribution in [-0.2, 0) is 0 Å². The molecule has 2 amide bonds. The number of nitrogens with zero attached hydrogens (tertiary/aromatic N) is 4. The molecule has 0 aliphatic carbocycles. The number of benzene rings is 2. The van der Waals surface area contributed by atoms with Crippen molar-refractivity contribution in [3.63, 3.8) is 0 Å². The third-order valence-electron chi connectivity index (χ3n) is 5.65. The molecule has 3 aromatic rings. The zero-order chi connectivity index (χ0) is 25.0. The lowest BCUT2D eigenvalue weighted by molar-refractivity contribution is 0.153. The van der Waals surface area contributed by atoms with E-state index in [1.54, 1.807) is 10.6 Å². The summed E-state index contributed by atoms with van der Waals surface area (Å²) in [5.74, 6) is 0.569. The predicted molar refractivity (Wildman–Crippen MR) is 139 cm³/mol. The van der Waals surface area contributed by atoms with E-state index in [2.05, 4.69) is 5.32 Å². The van der Waals surface area contributed by atoms with E-state index < -0.39 is 5.54 Å². The maximum absolute atomic E-state index is 13.8. The number of fused-ring (bicyclic) bond motifs is 1. The second-order valence-corrected chi connectivity index (χ2v) is 10.1. The van der Waals surface area contributed by atoms with Crippen molar-refractivity contribution in [1.82, 2.24) is 24.7 Å². The molecule has 34 heavy (non-hydrogen) atoms. The van der Waals surface area contributed by atoms with Gasteiger partial charge in [-0.3, -0.25) is 9.36 Å². The van der Waals surface area contributed by atoms with E-state index in [1.165, 1.54) is 0 Å². The fourth-order valence-corrected chi connectivity index (χ4v) is 4.03. The summed E-state index contributed by atoms with van der Waals surface area (Å²) in [6.07, 6.45) is 0.613. The number of carbonyl (C=O) groups is 1. The van der Waals surface area contributed by atoms with Gasteiger partial charge in [0.1, 0.15) is 5.82 Å². The van der Waals surface area contributed by atoms with Crippen molar-refractivity contribution in [2.45, 2.75) is 52.6 Å². The van der Waals surface area contributed by atoms with Gasteiger partial charge >= 0.3 is 6.03 Å². The fraction of sp³-hybridized carbons (Fsp3) is 0.444. The van der Waals surface area contributed by atoms with Crippen molar-refractivity contribution >= 4 is 16.9 Å². The molecule has 0 radical (unpaired) electrons. The number of nitrogens with one attached hydrogen (secondary N) is 1. The molecule has 0 aliphatic rings. The van der Waals surface area contributed by atoms with E-state index >= 15 is 0 Å². The van der Waals surface area contributed by atoms with Crippen LogP contribution in [0.4, 0.5) is 4.79 Å². The Morgan fingerprint density at radius 1 is 1.09 bits per heavy atom. The van der Waals surface area contributed by atoms with Gasteiger partial charge in [0.2, 0.25) is 0 Å². The van der Waals surface area contributed by atoms with E-state index in [0.29, 0.717) is 36.2 Å². The second kappa shape index (κ2) is 10.4. The number of hydrogen-bond acceptors (Lipinski definition) is 4. The number of hydrogen-bond donors (Lipinski definition) is 1. The smallest absolute Gasteiger partial charge is 0.318 e. The normalized spacial score (nSPS) is 12.7. The van der Waals surface area contributed by atoms with Crippen molar-refractivity contribution in [1.29, 1.82) is 0 Å². The SMILES string of the molecule is CCC(c1nc2ccccc2c(=O)n1-c1cccc(C)c1)N(CCN(C)C)C(=O)NC(C)(C)C. The largest absolute Gasteiger partial charge is 0.333 e. The Hall–Kier alpha value is -3.19. The zero-order valence-corrected chi connectivity index (χ0v) is 21.4. The molecule has 182 valence electrons. The Kier molecular flexibility index (Phi) is 7.77. The molecule has 7 nitrogen and oxygen atoms in total. The highest BCUT2D eigenvalue weighted by Gasteiger charge is 2.30. The van der Waals surface area contributed by atoms with Gasteiger partial charge in [-0.05, 0) is 78.0 Å². The number of amides is 2. The van der Waals surface area contributed by atoms with E-state index in [-0.39, 0.29) is 17.6 Å². The van der Waals surface area contributed by atoms with Gasteiger partial charge in [0.05, 0.1) is 22.6 Å². The van der Waals surface area contributed by atoms with Crippen molar-refractivity contribution in [3.8, 4) is 5.69 Å². The standard InChI is InChI=1S/C27H37N5O2/c1-8-23(31(17-16-30(6)7)26(34)29-27(3,4)5)24-28-22-15-10-9-14-21(22)25(33)32(24)20-13-11-12-19(2)18-20/h9-15,18,23H,8,16-17H2,1-7H3,(H,29,34). The van der Waals surface area contributed by atoms with Gasteiger partial charge in [-0.15, -0.1) is 0 Å². The Morgan fingerprint density at radius 2 is 1.79 bits per heavy atom. The number of carbonyl (C=O) groups excluding carboxylic acids is 1. The molecule has 0 saturated heterocycles. The van der Waals surface area contributed by atoms with Gasteiger partial charge in [0.25, 0.3) is 5.56 Å². The third kappa shape index (κ3) is 5.83. The zero-order valence-electron chi connectivity index (χ0n) is 21.4. The van der Waals surface area contributed by atoms with Crippen LogP contribution in [-0.4, -0.2) is 58.1 Å². The third-order valence-corrected chi connectivity index (χ3v) is 5.65. The van der Waals surface area contributed by atoms with Crippen LogP contribution in [0.5, 0.6) is 0 Å². The van der Waals surface area contributed by atoms with Crippen LogP contribution in [0.2, 0.25) is 0 Å². The number of rotatable bonds is 7. The monoisotopic (exact) mass is 463 g/mol. The van der Waals surface area contributed by atoms with E-state index in [4.69, 9.17) is 4.98 Å². The van der Waals surface area contributed by atoms with E-state index in [0.717, 1.165) is 11.3 Å². The maximum atomic E-state index is 13.8. The number of urea groups is 1. The molecule has 1 aromatic heterocycles. The molecular weight excluding hydrogens is 426 g/mol. The van der Waals surface area contributed by atoms with Crippen LogP contribution in [0.1, 0.15) is 51.5 Å². The van der Waals surface area contributed by atoms with Gasteiger partial charge in [-0.25, -0.2) is 9.78 Å². The quantitative estimate of drug-likeness (QED) is 0.559. The molecule has 0 aliphatic heterocycles. The molecule has 0 fully saturated rings. The Balaban J connectivity index is 2.25. The van der Waals surface area contributed by atoms with Crippen LogP contribution in [0.15, 0.2) is 53.3 Å². The topological polar surface area (TPSA) is 70.5 Å². The van der Waals surface area contributed by atoms with Crippen molar-refractivity contribution in [3.05, 3.63) is 70.3 Å². The summed E-state index contributed by atoms with van der Waals surface area (Å²) in [5, 5.41) is 3.66. The second-order valence-electron chi connectivity index (χ2n) is 10.1. The molecule has 0 bridgehead atoms. The first-order chi connectivity index (χ1) is 16.0. The van der Waals surface area contributed by atoms with Crippen LogP contribution in [0, 0.1) is 6.92 Å². The number of aromatic nitrogens is 2. The molecule has 1 atom stereocenters. The first-order valence-corrected chi connectivity index (χ1v) is 11.8. The summed E-state index contributed by atoms with van der Waals surface area (Å²) >= 11 is 0. The first-order valence-electron chi connectivity index (χ1n) is 11.8. The fourth-order valence-electron chi connectivity index (χ4n) is 4.03. The molecule has 7 heteroatoms. The molecule has 1 N–H and O–H groups in total. The lowest BCUT2D eigenvalue weighted by Crippen LogP contribution is -2.51. The molecule has 0 saturated carbocycles. The summed E-state index contributed by atoms with van der Waals surface area (Å²) in [6.45, 7) is 11.1. The highest BCUT2D eigenvalue weighted by molar-refractivity contribution is 5.78. The molecule has 3 rings (SSSR count). The maximum Gasteiger partial charge on any atom is 0.318 e. The summed E-state index contributed by atoms with van der Waals surface area (Å²) in [6, 6.07) is 14.7. The molecule has 2 aromatic carbocycles. The molecule has 0 spiro atoms. The van der Waals surface area contributed by atoms with Gasteiger partial charge < -0.3 is 15.1 Å². The molecule has 1 unspecified atom stereocenters. The lowest BCUT2D eigenvalue weighted by Gasteiger charge is -2.35. The van der Waals surface area contributed by atoms with Gasteiger partial charge in [-0.1, -0.05) is 31.2 Å². The minimum atomic E-state index is -0.390. The molecule has 1 heterocycles. The molecular formula is C27H37N5O2. The highest BCUT2D eigenvalue weighted by atomic mass is 16.2. The average Bonchev–Trinajstić information content (AvgIpc) is 2.75. The highest BCUT2D eigenvalue weighted by Crippen LogP contribution is 2.26. The Labute approximate surface area is 202 Å². The van der Waals surface area contributed by atoms with E-state index in [1.807, 2.05) is 101 Å². The predicted octanol–water partition coefficient (Wildman–Crippen LogP) is 4.52. The minimum absolute atomic E-state index is 0.131. The van der Waals surface area contributed by atoms with Crippen LogP contribution >= 0.6 is 0 Å². The average molecular weight is 464 g/mol. The lowest BCUT2D eigenvalue weighted by atomic mass is 10.1. The van der Waals surface area contributed by atoms with Crippen LogP contribution in [0.3, 0.4) is 0 Å². The van der Waals surface area contributed by atoms with Gasteiger partial charge in [0.15, 0.2) is 0 Å². The van der Waals surface area contributed by atoms with Gasteiger partial charge in [0, 0.05) is 18.6 Å². The number of likely N-dealkylation sites (N-methyl/N-ethyl adjacent to an activating group) is 1. The Bertz CT molecular complexity index is 1210. The van der Waals surface area contributed by atoms with Gasteiger partial charge in [-0.2, -0.15) is 0 Å². The first kappa shape index (κ1) is 25.4. The summed E-state index contributed by atoms with van der Waals surface area (Å²) in [5.41, 5.74) is 1.91. The summed E-state index contributed by atoms with van der Waals surface area (Å²) in [4.78, 5) is 36.1. The summed E-state index contributed by atoms with van der Waals surface area (Å²) < 4.78 is 1.68. The van der Waals surface area contributed by atoms with Crippen LogP contribution in [0.25, 0.3) is 16.6 Å². The van der Waals surface area contributed by atoms with Crippen LogP contribution < -0.4 is 10.9 Å². The van der Waals surface area contributed by atoms with E-state index in [9.17, 15) is 9.59 Å². The van der Waals surface area contributed by atoms with Crippen molar-refractivity contribution in [2.24, 2.45) is 0 Å². The number of aryl methyl sites for hydroxylation is 1. The summed E-state index contributed by atoms with van der Waals surface area (Å²) in [7, 11) is 3.97. The van der Waals surface area contributed by atoms with Crippen molar-refractivity contribution in [2.75, 3.05) is 27.2 Å². The number of para-hydroxylation sites is 1.